The highest BCUT2D eigenvalue weighted by molar-refractivity contribution is 5.08. The summed E-state index contributed by atoms with van der Waals surface area (Å²) in [6.45, 7) is 7.84. The maximum absolute atomic E-state index is 4.50. The van der Waals surface area contributed by atoms with Crippen molar-refractivity contribution in [2.24, 2.45) is 46.2 Å². The van der Waals surface area contributed by atoms with Crippen molar-refractivity contribution in [3.05, 3.63) is 0 Å². The summed E-state index contributed by atoms with van der Waals surface area (Å²) in [5.41, 5.74) is 5.95. The van der Waals surface area contributed by atoms with E-state index in [2.05, 4.69) is 26.5 Å². The van der Waals surface area contributed by atoms with Crippen LogP contribution < -0.4 is 5.73 Å². The molecular formula is C22H41N. The van der Waals surface area contributed by atoms with E-state index in [1.165, 1.54) is 26.3 Å². The zero-order chi connectivity index (χ0) is 16.7. The summed E-state index contributed by atoms with van der Waals surface area (Å²) in [7, 11) is 1.50. The minimum Gasteiger partial charge on any atom is -0.333 e. The van der Waals surface area contributed by atoms with Gasteiger partial charge in [0.05, 0.1) is 0 Å². The third-order valence-corrected chi connectivity index (χ3v) is 9.27. The Labute approximate surface area is 145 Å². The Kier molecular flexibility index (Phi) is 5.17. The van der Waals surface area contributed by atoms with E-state index in [-0.39, 0.29) is 0 Å². The van der Waals surface area contributed by atoms with Crippen LogP contribution in [0.4, 0.5) is 0 Å². The normalized spacial score (nSPS) is 51.8. The summed E-state index contributed by atoms with van der Waals surface area (Å²) in [4.78, 5) is 0. The maximum atomic E-state index is 4.50. The smallest absolute Gasteiger partial charge is 0.0195 e. The second kappa shape index (κ2) is 6.70. The van der Waals surface area contributed by atoms with Crippen molar-refractivity contribution in [3.8, 4) is 0 Å². The van der Waals surface area contributed by atoms with Crippen molar-refractivity contribution in [1.82, 2.24) is 0 Å². The molecule has 0 amide bonds. The first-order chi connectivity index (χ1) is 11.1. The van der Waals surface area contributed by atoms with E-state index in [0.717, 1.165) is 35.0 Å². The molecule has 0 bridgehead atoms. The topological polar surface area (TPSA) is 26.0 Å². The molecule has 0 radical (unpaired) electrons. The number of nitrogens with two attached hydrogens (primary N) is 1. The fourth-order valence-corrected chi connectivity index (χ4v) is 8.07. The van der Waals surface area contributed by atoms with Crippen molar-refractivity contribution < 1.29 is 0 Å². The highest BCUT2D eigenvalue weighted by Gasteiger charge is 2.59. The van der Waals surface area contributed by atoms with Gasteiger partial charge in [0.15, 0.2) is 0 Å². The first-order valence-electron chi connectivity index (χ1n) is 10.7. The van der Waals surface area contributed by atoms with E-state index in [1.807, 2.05) is 0 Å². The molecule has 0 aromatic rings. The Hall–Kier alpha value is -0.0400. The van der Waals surface area contributed by atoms with Gasteiger partial charge in [-0.25, -0.2) is 0 Å². The van der Waals surface area contributed by atoms with Crippen LogP contribution in [0.1, 0.15) is 91.4 Å². The van der Waals surface area contributed by atoms with Gasteiger partial charge in [-0.05, 0) is 98.8 Å². The molecule has 134 valence electrons. The molecule has 0 saturated heterocycles. The van der Waals surface area contributed by atoms with E-state index in [9.17, 15) is 0 Å². The lowest BCUT2D eigenvalue weighted by Crippen LogP contribution is -2.52. The van der Waals surface area contributed by atoms with Crippen molar-refractivity contribution >= 4 is 0 Å². The van der Waals surface area contributed by atoms with Gasteiger partial charge in [0.2, 0.25) is 0 Å². The van der Waals surface area contributed by atoms with E-state index in [4.69, 9.17) is 0 Å². The van der Waals surface area contributed by atoms with E-state index >= 15 is 0 Å². The quantitative estimate of drug-likeness (QED) is 0.628. The molecule has 5 unspecified atom stereocenters. The number of hydrogen-bond acceptors (Lipinski definition) is 1. The predicted molar refractivity (Wildman–Crippen MR) is 100 cm³/mol. The van der Waals surface area contributed by atoms with E-state index in [0.29, 0.717) is 5.41 Å². The number of rotatable bonds is 1. The first-order valence-corrected chi connectivity index (χ1v) is 10.7. The minimum atomic E-state index is 0.716. The monoisotopic (exact) mass is 319 g/mol. The fourth-order valence-electron chi connectivity index (χ4n) is 8.07. The molecule has 4 rings (SSSR count). The summed E-state index contributed by atoms with van der Waals surface area (Å²) < 4.78 is 0. The molecule has 23 heavy (non-hydrogen) atoms. The Morgan fingerprint density at radius 3 is 2.26 bits per heavy atom. The first kappa shape index (κ1) is 17.8. The van der Waals surface area contributed by atoms with Crippen molar-refractivity contribution in [2.45, 2.75) is 91.4 Å². The largest absolute Gasteiger partial charge is 0.333 e. The highest BCUT2D eigenvalue weighted by atomic mass is 14.6. The maximum Gasteiger partial charge on any atom is -0.0195 e. The van der Waals surface area contributed by atoms with Gasteiger partial charge in [0, 0.05) is 0 Å². The Balaban J connectivity index is 0.000000753. The summed E-state index contributed by atoms with van der Waals surface area (Å²) in [5.74, 6) is 5.39. The van der Waals surface area contributed by atoms with Crippen LogP contribution in [0.25, 0.3) is 0 Å². The predicted octanol–water partition coefficient (Wildman–Crippen LogP) is 6.02. The molecule has 4 aliphatic rings. The van der Waals surface area contributed by atoms with E-state index in [1.54, 1.807) is 51.4 Å². The zero-order valence-corrected chi connectivity index (χ0v) is 16.2. The Morgan fingerprint density at radius 1 is 0.783 bits per heavy atom. The van der Waals surface area contributed by atoms with Gasteiger partial charge < -0.3 is 5.73 Å². The molecule has 4 aliphatic carbocycles. The zero-order valence-electron chi connectivity index (χ0n) is 16.2. The minimum absolute atomic E-state index is 0.716. The lowest BCUT2D eigenvalue weighted by Gasteiger charge is -2.60. The second-order valence-corrected chi connectivity index (χ2v) is 9.63. The van der Waals surface area contributed by atoms with Crippen LogP contribution in [0.5, 0.6) is 0 Å². The Bertz CT molecular complexity index is 405. The molecule has 0 aromatic heterocycles. The third kappa shape index (κ3) is 2.60. The van der Waals surface area contributed by atoms with Crippen LogP contribution in [0.15, 0.2) is 0 Å². The van der Waals surface area contributed by atoms with Crippen LogP contribution >= 0.6 is 0 Å². The van der Waals surface area contributed by atoms with Crippen LogP contribution in [0.3, 0.4) is 0 Å². The van der Waals surface area contributed by atoms with Gasteiger partial charge in [-0.15, -0.1) is 0 Å². The average Bonchev–Trinajstić information content (AvgIpc) is 2.92. The molecule has 0 aliphatic heterocycles. The third-order valence-electron chi connectivity index (χ3n) is 9.27. The van der Waals surface area contributed by atoms with Crippen LogP contribution in [0.2, 0.25) is 0 Å². The molecule has 1 heteroatoms. The lowest BCUT2D eigenvalue weighted by molar-refractivity contribution is -0.110. The molecule has 0 aromatic carbocycles. The molecule has 4 fully saturated rings. The molecule has 0 spiro atoms. The van der Waals surface area contributed by atoms with Crippen molar-refractivity contribution in [3.63, 3.8) is 0 Å². The van der Waals surface area contributed by atoms with Crippen LogP contribution in [0, 0.1) is 40.4 Å². The summed E-state index contributed by atoms with van der Waals surface area (Å²) in [5, 5.41) is 0. The van der Waals surface area contributed by atoms with Crippen LogP contribution in [-0.2, 0) is 0 Å². The number of fused-ring (bicyclic) bond motifs is 5. The molecular weight excluding hydrogens is 278 g/mol. The highest BCUT2D eigenvalue weighted by Crippen LogP contribution is 2.67. The standard InChI is InChI=1S/C21H36.CH5N/c1-4-15-9-11-18-17-10-8-16-7-5-6-13-20(16,2)19(17)12-14-21(15,18)3;1-2/h15-19H,4-14H2,1-3H3;2H2,1H3/t15?,16?,17?,18?,19?,20-,21+;/m0./s1. The molecule has 2 N–H and O–H groups in total. The molecule has 4 saturated carbocycles. The fraction of sp³-hybridized carbons (Fsp3) is 1.00. The van der Waals surface area contributed by atoms with Gasteiger partial charge in [0.1, 0.15) is 0 Å². The second-order valence-electron chi connectivity index (χ2n) is 9.63. The van der Waals surface area contributed by atoms with Gasteiger partial charge in [-0.1, -0.05) is 40.0 Å². The molecule has 0 heterocycles. The summed E-state index contributed by atoms with van der Waals surface area (Å²) in [6, 6.07) is 0. The van der Waals surface area contributed by atoms with Gasteiger partial charge in [-0.2, -0.15) is 0 Å². The lowest BCUT2D eigenvalue weighted by atomic mass is 9.45. The van der Waals surface area contributed by atoms with Gasteiger partial charge in [0.25, 0.3) is 0 Å². The van der Waals surface area contributed by atoms with Gasteiger partial charge in [-0.3, -0.25) is 0 Å². The molecule has 7 atom stereocenters. The summed E-state index contributed by atoms with van der Waals surface area (Å²) in [6.07, 6.45) is 17.0. The van der Waals surface area contributed by atoms with Crippen LogP contribution in [-0.4, -0.2) is 7.05 Å². The SMILES string of the molecule is CCC1CCC2C3CCC4CCCC[C@]4(C)C3CC[C@]12C.CN. The Morgan fingerprint density at radius 2 is 1.52 bits per heavy atom. The molecule has 1 nitrogen and oxygen atoms in total. The van der Waals surface area contributed by atoms with Gasteiger partial charge >= 0.3 is 0 Å². The average molecular weight is 320 g/mol. The van der Waals surface area contributed by atoms with E-state index < -0.39 is 0 Å². The van der Waals surface area contributed by atoms with Crippen molar-refractivity contribution in [1.29, 1.82) is 0 Å². The van der Waals surface area contributed by atoms with Crippen molar-refractivity contribution in [2.75, 3.05) is 7.05 Å². The number of hydrogen-bond donors (Lipinski definition) is 1. The summed E-state index contributed by atoms with van der Waals surface area (Å²) >= 11 is 0.